The Hall–Kier alpha value is -1.35. The molecule has 3 N–H and O–H groups in total. The summed E-state index contributed by atoms with van der Waals surface area (Å²) in [7, 11) is 0. The van der Waals surface area contributed by atoms with Gasteiger partial charge in [0.15, 0.2) is 0 Å². The molecule has 0 amide bonds. The third kappa shape index (κ3) is 4.13. The molecule has 0 saturated carbocycles. The predicted molar refractivity (Wildman–Crippen MR) is 59.7 cm³/mol. The molecule has 1 rings (SSSR count). The van der Waals surface area contributed by atoms with Crippen LogP contribution in [0.3, 0.4) is 0 Å². The number of aromatic hydroxyl groups is 1. The quantitative estimate of drug-likeness (QED) is 0.771. The summed E-state index contributed by atoms with van der Waals surface area (Å²) in [6.45, 7) is 1.97. The summed E-state index contributed by atoms with van der Waals surface area (Å²) in [4.78, 5) is 11.5. The van der Waals surface area contributed by atoms with Crippen LogP contribution < -0.4 is 5.73 Å². The van der Waals surface area contributed by atoms with Gasteiger partial charge in [-0.25, -0.2) is 0 Å². The van der Waals surface area contributed by atoms with Crippen molar-refractivity contribution in [1.29, 1.82) is 0 Å². The lowest BCUT2D eigenvalue weighted by Crippen LogP contribution is -2.23. The van der Waals surface area contributed by atoms with E-state index in [-0.39, 0.29) is 17.6 Å². The molecule has 1 atom stereocenters. The van der Waals surface area contributed by atoms with Crippen molar-refractivity contribution < 1.29 is 9.90 Å². The highest BCUT2D eigenvalue weighted by Gasteiger charge is 2.08. The van der Waals surface area contributed by atoms with Gasteiger partial charge in [0.25, 0.3) is 0 Å². The van der Waals surface area contributed by atoms with Crippen LogP contribution in [-0.2, 0) is 11.2 Å². The molecule has 0 aliphatic carbocycles. The standard InChI is InChI=1S/C12H17NO2/c1-2-10(13)8-12(15)7-9-3-5-11(14)6-4-9/h3-6,10,14H,2,7-8,13H2,1H3. The van der Waals surface area contributed by atoms with Crippen LogP contribution in [0.1, 0.15) is 25.3 Å². The fourth-order valence-corrected chi connectivity index (χ4v) is 1.35. The maximum Gasteiger partial charge on any atom is 0.138 e. The van der Waals surface area contributed by atoms with Crippen LogP contribution in [0.5, 0.6) is 5.75 Å². The van der Waals surface area contributed by atoms with Crippen LogP contribution in [0.2, 0.25) is 0 Å². The van der Waals surface area contributed by atoms with Crippen molar-refractivity contribution in [2.24, 2.45) is 5.73 Å². The minimum absolute atomic E-state index is 0.0328. The van der Waals surface area contributed by atoms with Crippen molar-refractivity contribution in [1.82, 2.24) is 0 Å². The van der Waals surface area contributed by atoms with Crippen LogP contribution in [-0.4, -0.2) is 16.9 Å². The van der Waals surface area contributed by atoms with Crippen LogP contribution in [0.4, 0.5) is 0 Å². The summed E-state index contributed by atoms with van der Waals surface area (Å²) in [6, 6.07) is 6.65. The van der Waals surface area contributed by atoms with E-state index in [1.165, 1.54) is 0 Å². The maximum atomic E-state index is 11.5. The summed E-state index contributed by atoms with van der Waals surface area (Å²) in [5.41, 5.74) is 6.61. The first kappa shape index (κ1) is 11.7. The van der Waals surface area contributed by atoms with Crippen LogP contribution in [0.15, 0.2) is 24.3 Å². The van der Waals surface area contributed by atoms with Crippen LogP contribution in [0, 0.1) is 0 Å². The molecule has 0 fully saturated rings. The smallest absolute Gasteiger partial charge is 0.138 e. The van der Waals surface area contributed by atoms with E-state index in [4.69, 9.17) is 10.8 Å². The average Bonchev–Trinajstić information content (AvgIpc) is 2.21. The zero-order valence-corrected chi connectivity index (χ0v) is 8.94. The Bertz CT molecular complexity index is 319. The molecule has 1 aromatic rings. The number of nitrogens with two attached hydrogens (primary N) is 1. The Balaban J connectivity index is 2.48. The van der Waals surface area contributed by atoms with Crippen LogP contribution >= 0.6 is 0 Å². The van der Waals surface area contributed by atoms with Crippen molar-refractivity contribution >= 4 is 5.78 Å². The third-order valence-corrected chi connectivity index (χ3v) is 2.35. The average molecular weight is 207 g/mol. The molecule has 0 bridgehead atoms. The number of carbonyl (C=O) groups is 1. The lowest BCUT2D eigenvalue weighted by Gasteiger charge is -2.07. The first-order valence-electron chi connectivity index (χ1n) is 5.17. The molecular weight excluding hydrogens is 190 g/mol. The maximum absolute atomic E-state index is 11.5. The SMILES string of the molecule is CCC(N)CC(=O)Cc1ccc(O)cc1. The number of phenolic OH excluding ortho intramolecular Hbond substituents is 1. The molecule has 3 nitrogen and oxygen atoms in total. The first-order valence-corrected chi connectivity index (χ1v) is 5.17. The second kappa shape index (κ2) is 5.51. The van der Waals surface area contributed by atoms with Crippen LogP contribution in [0.25, 0.3) is 0 Å². The minimum atomic E-state index is -0.0328. The fourth-order valence-electron chi connectivity index (χ4n) is 1.35. The highest BCUT2D eigenvalue weighted by atomic mass is 16.3. The molecule has 0 radical (unpaired) electrons. The summed E-state index contributed by atoms with van der Waals surface area (Å²) < 4.78 is 0. The van der Waals surface area contributed by atoms with E-state index in [1.54, 1.807) is 24.3 Å². The molecule has 1 unspecified atom stereocenters. The lowest BCUT2D eigenvalue weighted by molar-refractivity contribution is -0.118. The lowest BCUT2D eigenvalue weighted by atomic mass is 10.0. The zero-order chi connectivity index (χ0) is 11.3. The van der Waals surface area contributed by atoms with E-state index >= 15 is 0 Å². The van der Waals surface area contributed by atoms with E-state index in [0.29, 0.717) is 12.8 Å². The van der Waals surface area contributed by atoms with E-state index in [9.17, 15) is 4.79 Å². The molecule has 1 aromatic carbocycles. The Morgan fingerprint density at radius 3 is 2.53 bits per heavy atom. The normalized spacial score (nSPS) is 12.4. The van der Waals surface area contributed by atoms with Gasteiger partial charge in [-0.15, -0.1) is 0 Å². The van der Waals surface area contributed by atoms with Gasteiger partial charge < -0.3 is 10.8 Å². The van der Waals surface area contributed by atoms with E-state index in [2.05, 4.69) is 0 Å². The molecule has 3 heteroatoms. The number of Topliss-reactive ketones (excluding diaryl/α,β-unsaturated/α-hetero) is 1. The van der Waals surface area contributed by atoms with Gasteiger partial charge in [0.1, 0.15) is 11.5 Å². The Labute approximate surface area is 89.9 Å². The summed E-state index contributed by atoms with van der Waals surface area (Å²) >= 11 is 0. The number of ketones is 1. The summed E-state index contributed by atoms with van der Waals surface area (Å²) in [6.07, 6.45) is 1.65. The zero-order valence-electron chi connectivity index (χ0n) is 8.94. The topological polar surface area (TPSA) is 63.3 Å². The first-order chi connectivity index (χ1) is 7.11. The van der Waals surface area contributed by atoms with Crippen molar-refractivity contribution in [3.8, 4) is 5.75 Å². The fraction of sp³-hybridized carbons (Fsp3) is 0.417. The van der Waals surface area contributed by atoms with Crippen molar-refractivity contribution in [2.75, 3.05) is 0 Å². The minimum Gasteiger partial charge on any atom is -0.508 e. The Morgan fingerprint density at radius 1 is 1.40 bits per heavy atom. The van der Waals surface area contributed by atoms with Gasteiger partial charge in [-0.1, -0.05) is 19.1 Å². The number of benzene rings is 1. The molecule has 0 aliphatic heterocycles. The largest absolute Gasteiger partial charge is 0.508 e. The molecule has 15 heavy (non-hydrogen) atoms. The van der Waals surface area contributed by atoms with Crippen molar-refractivity contribution in [2.45, 2.75) is 32.2 Å². The van der Waals surface area contributed by atoms with Gasteiger partial charge in [-0.3, -0.25) is 4.79 Å². The third-order valence-electron chi connectivity index (χ3n) is 2.35. The molecular formula is C12H17NO2. The molecule has 0 saturated heterocycles. The number of rotatable bonds is 5. The van der Waals surface area contributed by atoms with Crippen molar-refractivity contribution in [3.63, 3.8) is 0 Å². The second-order valence-corrected chi connectivity index (χ2v) is 3.75. The predicted octanol–water partition coefficient (Wildman–Crippen LogP) is 1.63. The summed E-state index contributed by atoms with van der Waals surface area (Å²) in [5.74, 6) is 0.367. The molecule has 0 heterocycles. The van der Waals surface area contributed by atoms with Gasteiger partial charge in [0, 0.05) is 18.9 Å². The number of carbonyl (C=O) groups excluding carboxylic acids is 1. The number of hydrogen-bond donors (Lipinski definition) is 2. The van der Waals surface area contributed by atoms with Crippen molar-refractivity contribution in [3.05, 3.63) is 29.8 Å². The van der Waals surface area contributed by atoms with Gasteiger partial charge in [0.2, 0.25) is 0 Å². The molecule has 0 spiro atoms. The molecule has 82 valence electrons. The number of hydrogen-bond acceptors (Lipinski definition) is 3. The summed E-state index contributed by atoms with van der Waals surface area (Å²) in [5, 5.41) is 9.07. The highest BCUT2D eigenvalue weighted by molar-refractivity contribution is 5.81. The molecule has 0 aromatic heterocycles. The van der Waals surface area contributed by atoms with Gasteiger partial charge in [-0.05, 0) is 24.1 Å². The van der Waals surface area contributed by atoms with Gasteiger partial charge in [0.05, 0.1) is 0 Å². The van der Waals surface area contributed by atoms with Gasteiger partial charge >= 0.3 is 0 Å². The monoisotopic (exact) mass is 207 g/mol. The highest BCUT2D eigenvalue weighted by Crippen LogP contribution is 2.11. The van der Waals surface area contributed by atoms with Gasteiger partial charge in [-0.2, -0.15) is 0 Å². The Morgan fingerprint density at radius 2 is 2.00 bits per heavy atom. The number of phenols is 1. The second-order valence-electron chi connectivity index (χ2n) is 3.75. The van der Waals surface area contributed by atoms with E-state index < -0.39 is 0 Å². The van der Waals surface area contributed by atoms with E-state index in [0.717, 1.165) is 12.0 Å². The molecule has 0 aliphatic rings. The van der Waals surface area contributed by atoms with E-state index in [1.807, 2.05) is 6.92 Å². The Kier molecular flexibility index (Phi) is 4.31.